The predicted molar refractivity (Wildman–Crippen MR) is 227 cm³/mol. The monoisotopic (exact) mass is 818 g/mol. The molecule has 1 saturated carbocycles. The summed E-state index contributed by atoms with van der Waals surface area (Å²) in [6.45, 7) is 15.2. The van der Waals surface area contributed by atoms with Gasteiger partial charge < -0.3 is 19.9 Å². The van der Waals surface area contributed by atoms with Gasteiger partial charge in [-0.2, -0.15) is 10.4 Å². The molecule has 59 heavy (non-hydrogen) atoms. The normalized spacial score (nSPS) is 24.0. The molecule has 2 N–H and O–H groups in total. The lowest BCUT2D eigenvalue weighted by Crippen LogP contribution is -2.74. The summed E-state index contributed by atoms with van der Waals surface area (Å²) < 4.78 is 7.59. The van der Waals surface area contributed by atoms with Gasteiger partial charge in [0, 0.05) is 91.0 Å². The number of nitrogens with zero attached hydrogens (tertiary/aromatic N) is 6. The molecule has 308 valence electrons. The van der Waals surface area contributed by atoms with Crippen molar-refractivity contribution in [3.63, 3.8) is 0 Å². The Morgan fingerprint density at radius 3 is 2.36 bits per heavy atom. The molecule has 4 heterocycles. The maximum atomic E-state index is 13.5. The van der Waals surface area contributed by atoms with Crippen molar-refractivity contribution >= 4 is 51.5 Å². The Balaban J connectivity index is 0.790. The molecule has 1 unspecified atom stereocenters. The summed E-state index contributed by atoms with van der Waals surface area (Å²) in [7, 11) is 0. The Kier molecular flexibility index (Phi) is 10.9. The lowest BCUT2D eigenvalue weighted by Gasteiger charge is -2.63. The van der Waals surface area contributed by atoms with Gasteiger partial charge in [-0.1, -0.05) is 39.3 Å². The predicted octanol–water partition coefficient (Wildman–Crippen LogP) is 5.55. The van der Waals surface area contributed by atoms with E-state index in [1.165, 1.54) is 4.68 Å². The van der Waals surface area contributed by atoms with Crippen LogP contribution in [0.4, 0.5) is 11.4 Å². The van der Waals surface area contributed by atoms with Gasteiger partial charge in [0.05, 0.1) is 22.2 Å². The van der Waals surface area contributed by atoms with Gasteiger partial charge in [0.1, 0.15) is 24.0 Å². The van der Waals surface area contributed by atoms with Gasteiger partial charge in [0.15, 0.2) is 0 Å². The smallest absolute Gasteiger partial charge is 0.275 e. The van der Waals surface area contributed by atoms with Crippen molar-refractivity contribution in [3.05, 3.63) is 93.4 Å². The first-order chi connectivity index (χ1) is 28.2. The molecule has 0 spiro atoms. The molecule has 4 aliphatic rings. The van der Waals surface area contributed by atoms with Crippen LogP contribution < -0.4 is 30.7 Å². The van der Waals surface area contributed by atoms with Gasteiger partial charge in [-0.05, 0) is 86.3 Å². The molecule has 2 atom stereocenters. The van der Waals surface area contributed by atoms with E-state index in [2.05, 4.69) is 76.3 Å². The fourth-order valence-corrected chi connectivity index (χ4v) is 10.2. The summed E-state index contributed by atoms with van der Waals surface area (Å²) in [4.78, 5) is 58.0. The van der Waals surface area contributed by atoms with Crippen LogP contribution >= 0.6 is 11.6 Å². The number of aromatic nitrogens is 2. The Morgan fingerprint density at radius 1 is 0.932 bits per heavy atom. The highest BCUT2D eigenvalue weighted by molar-refractivity contribution is 6.31. The third-order valence-corrected chi connectivity index (χ3v) is 13.4. The molecule has 1 aliphatic carbocycles. The Labute approximate surface area is 349 Å². The number of nitriles is 1. The Bertz CT molecular complexity index is 2370. The largest absolute Gasteiger partial charge is 0.489 e. The number of anilines is 2. The Morgan fingerprint density at radius 2 is 1.66 bits per heavy atom. The van der Waals surface area contributed by atoms with Gasteiger partial charge in [-0.25, -0.2) is 4.68 Å². The molecule has 3 aliphatic heterocycles. The second-order valence-electron chi connectivity index (χ2n) is 17.7. The SMILES string of the molecule is CC1(C)C(NC(=O)c2ccc(N3CCC(CCN4CCN(c5ccc6c(=O)n([C@@H]7CCC(=O)NC7=O)ncc6c5)CC4)C3)cc2)C(C)(C)C1Oc1ccc(C#N)c(Cl)c1. The number of piperidine rings is 1. The van der Waals surface area contributed by atoms with Crippen molar-refractivity contribution in [2.24, 2.45) is 16.7 Å². The van der Waals surface area contributed by atoms with Gasteiger partial charge >= 0.3 is 0 Å². The fraction of sp³-hybridized carbons (Fsp3) is 0.467. The molecule has 13 nitrogen and oxygen atoms in total. The van der Waals surface area contributed by atoms with Crippen LogP contribution in [0.3, 0.4) is 0 Å². The van der Waals surface area contributed by atoms with E-state index in [9.17, 15) is 24.4 Å². The van der Waals surface area contributed by atoms with Crippen molar-refractivity contribution < 1.29 is 19.1 Å². The minimum atomic E-state index is -0.781. The van der Waals surface area contributed by atoms with E-state index in [-0.39, 0.29) is 53.2 Å². The summed E-state index contributed by atoms with van der Waals surface area (Å²) in [5.41, 5.74) is 2.21. The zero-order valence-electron chi connectivity index (χ0n) is 34.0. The summed E-state index contributed by atoms with van der Waals surface area (Å²) in [6, 6.07) is 20.0. The van der Waals surface area contributed by atoms with E-state index in [0.29, 0.717) is 33.2 Å². The number of hydrogen-bond acceptors (Lipinski definition) is 10. The van der Waals surface area contributed by atoms with Crippen LogP contribution in [-0.4, -0.2) is 90.4 Å². The van der Waals surface area contributed by atoms with Crippen molar-refractivity contribution in [2.45, 2.75) is 71.6 Å². The number of imide groups is 1. The fourth-order valence-electron chi connectivity index (χ4n) is 10.0. The molecular formula is C45H51ClN8O5. The highest BCUT2D eigenvalue weighted by Gasteiger charge is 2.64. The molecule has 3 amide bonds. The van der Waals surface area contributed by atoms with Crippen molar-refractivity contribution in [3.8, 4) is 11.8 Å². The average molecular weight is 819 g/mol. The number of carbonyl (C=O) groups excluding carboxylic acids is 3. The average Bonchev–Trinajstić information content (AvgIpc) is 3.71. The number of hydrogen-bond donors (Lipinski definition) is 2. The third kappa shape index (κ3) is 7.88. The molecular weight excluding hydrogens is 768 g/mol. The van der Waals surface area contributed by atoms with Crippen molar-refractivity contribution in [1.29, 1.82) is 5.26 Å². The van der Waals surface area contributed by atoms with Crippen LogP contribution in [0.25, 0.3) is 10.8 Å². The summed E-state index contributed by atoms with van der Waals surface area (Å²) in [5.74, 6) is 0.293. The summed E-state index contributed by atoms with van der Waals surface area (Å²) in [5, 5.41) is 20.7. The second-order valence-corrected chi connectivity index (χ2v) is 18.1. The lowest BCUT2D eigenvalue weighted by molar-refractivity contribution is -0.164. The number of halogens is 1. The minimum Gasteiger partial charge on any atom is -0.489 e. The number of piperazine rings is 1. The van der Waals surface area contributed by atoms with Crippen molar-refractivity contribution in [1.82, 2.24) is 25.3 Å². The molecule has 14 heteroatoms. The van der Waals surface area contributed by atoms with E-state index in [4.69, 9.17) is 16.3 Å². The molecule has 4 aromatic rings. The number of amides is 3. The van der Waals surface area contributed by atoms with Crippen LogP contribution in [-0.2, 0) is 9.59 Å². The second kappa shape index (κ2) is 16.0. The maximum Gasteiger partial charge on any atom is 0.275 e. The number of ether oxygens (including phenoxy) is 1. The number of nitrogens with one attached hydrogen (secondary N) is 2. The molecule has 0 bridgehead atoms. The van der Waals surface area contributed by atoms with Gasteiger partial charge in [-0.15, -0.1) is 0 Å². The third-order valence-electron chi connectivity index (χ3n) is 13.1. The molecule has 0 radical (unpaired) electrons. The first kappa shape index (κ1) is 40.3. The number of benzene rings is 3. The lowest BCUT2D eigenvalue weighted by atomic mass is 9.49. The quantitative estimate of drug-likeness (QED) is 0.195. The van der Waals surface area contributed by atoms with E-state index < -0.39 is 11.9 Å². The molecule has 3 aromatic carbocycles. The number of fused-ring (bicyclic) bond motifs is 1. The summed E-state index contributed by atoms with van der Waals surface area (Å²) >= 11 is 6.26. The zero-order chi connectivity index (χ0) is 41.6. The van der Waals surface area contributed by atoms with Crippen LogP contribution in [0.15, 0.2) is 71.7 Å². The standard InChI is InChI=1S/C45H51ClN8O5/c1-44(2)42(45(3,4)43(44)59-34-11-7-30(25-47)36(46)24-34)50-39(56)29-5-8-32(9-6-29)53-18-16-28(27-53)15-17-51-19-21-52(22-20-51)33-10-12-35-31(23-33)26-48-54(41(35)58)37-13-14-38(55)49-40(37)57/h5-12,23-24,26,28,37,42-43H,13-22,27H2,1-4H3,(H,50,56)(H,49,55,57)/t28?,37-,42?,43?/m1/s1. The first-order valence-corrected chi connectivity index (χ1v) is 21.0. The summed E-state index contributed by atoms with van der Waals surface area (Å²) in [6.07, 6.45) is 4.19. The van der Waals surface area contributed by atoms with Gasteiger partial charge in [0.25, 0.3) is 17.4 Å². The van der Waals surface area contributed by atoms with E-state index in [1.54, 1.807) is 24.4 Å². The molecule has 8 rings (SSSR count). The highest BCUT2D eigenvalue weighted by Crippen LogP contribution is 2.55. The number of carbonyl (C=O) groups is 3. The maximum absolute atomic E-state index is 13.5. The van der Waals surface area contributed by atoms with Crippen LogP contribution in [0.5, 0.6) is 5.75 Å². The minimum absolute atomic E-state index is 0.101. The highest BCUT2D eigenvalue weighted by atomic mass is 35.5. The first-order valence-electron chi connectivity index (χ1n) is 20.6. The van der Waals surface area contributed by atoms with E-state index >= 15 is 0 Å². The number of rotatable bonds is 10. The molecule has 1 aromatic heterocycles. The topological polar surface area (TPSA) is 153 Å². The molecule has 4 fully saturated rings. The van der Waals surface area contributed by atoms with Crippen molar-refractivity contribution in [2.75, 3.05) is 55.6 Å². The Hall–Kier alpha value is -5.45. The van der Waals surface area contributed by atoms with Crippen LogP contribution in [0.2, 0.25) is 5.02 Å². The zero-order valence-corrected chi connectivity index (χ0v) is 34.8. The van der Waals surface area contributed by atoms with Crippen LogP contribution in [0.1, 0.15) is 75.3 Å². The van der Waals surface area contributed by atoms with E-state index in [1.807, 2.05) is 30.3 Å². The van der Waals surface area contributed by atoms with Gasteiger partial charge in [-0.3, -0.25) is 29.4 Å². The molecule has 3 saturated heterocycles. The van der Waals surface area contributed by atoms with Gasteiger partial charge in [0.2, 0.25) is 5.91 Å². The van der Waals surface area contributed by atoms with Crippen LogP contribution in [0, 0.1) is 28.1 Å². The van der Waals surface area contributed by atoms with E-state index in [0.717, 1.165) is 75.4 Å².